The third-order valence-corrected chi connectivity index (χ3v) is 3.86. The lowest BCUT2D eigenvalue weighted by atomic mass is 10.2. The highest BCUT2D eigenvalue weighted by Crippen LogP contribution is 2.33. The van der Waals surface area contributed by atoms with Crippen LogP contribution in [0, 0.1) is 0 Å². The number of nitrogens with one attached hydrogen (secondary N) is 1. The summed E-state index contributed by atoms with van der Waals surface area (Å²) in [6.07, 6.45) is -2.73. The first-order valence-corrected chi connectivity index (χ1v) is 8.31. The number of hydrogen-bond acceptors (Lipinski definition) is 3. The first-order chi connectivity index (χ1) is 11.8. The molecule has 0 saturated heterocycles. The van der Waals surface area contributed by atoms with E-state index in [0.717, 1.165) is 16.7 Å². The summed E-state index contributed by atoms with van der Waals surface area (Å²) in [6, 6.07) is 0.813. The Kier molecular flexibility index (Phi) is 6.29. The van der Waals surface area contributed by atoms with Gasteiger partial charge in [0.05, 0.1) is 16.3 Å². The third kappa shape index (κ3) is 4.43. The molecule has 1 N–H and O–H groups in total. The second-order valence-corrected chi connectivity index (χ2v) is 5.74. The molecule has 0 aromatic carbocycles. The zero-order chi connectivity index (χ0) is 18.6. The average Bonchev–Trinajstić information content (AvgIpc) is 2.93. The third-order valence-electron chi connectivity index (χ3n) is 3.58. The van der Waals surface area contributed by atoms with Gasteiger partial charge in [-0.25, -0.2) is 4.98 Å². The van der Waals surface area contributed by atoms with Crippen molar-refractivity contribution in [2.75, 3.05) is 19.8 Å². The van der Waals surface area contributed by atoms with Gasteiger partial charge in [0.15, 0.2) is 5.65 Å². The van der Waals surface area contributed by atoms with Crippen LogP contribution in [-0.4, -0.2) is 35.1 Å². The SMILES string of the molecule is CCOCCCNC(=O)c1c(CC)nc2c(Cl)cc(C(F)(F)F)cn12. The minimum absolute atomic E-state index is 0.0712. The molecular weight excluding hydrogens is 359 g/mol. The summed E-state index contributed by atoms with van der Waals surface area (Å²) in [5.41, 5.74) is -0.341. The summed E-state index contributed by atoms with van der Waals surface area (Å²) in [7, 11) is 0. The molecule has 0 aliphatic rings. The van der Waals surface area contributed by atoms with E-state index in [4.69, 9.17) is 16.3 Å². The Morgan fingerprint density at radius 3 is 2.72 bits per heavy atom. The highest BCUT2D eigenvalue weighted by molar-refractivity contribution is 6.33. The highest BCUT2D eigenvalue weighted by Gasteiger charge is 2.33. The van der Waals surface area contributed by atoms with Crippen LogP contribution in [0.5, 0.6) is 0 Å². The number of hydrogen-bond donors (Lipinski definition) is 1. The number of rotatable bonds is 7. The first kappa shape index (κ1) is 19.5. The molecule has 0 atom stereocenters. The van der Waals surface area contributed by atoms with Crippen LogP contribution in [0.3, 0.4) is 0 Å². The van der Waals surface area contributed by atoms with E-state index in [-0.39, 0.29) is 16.4 Å². The van der Waals surface area contributed by atoms with Crippen molar-refractivity contribution >= 4 is 23.2 Å². The zero-order valence-corrected chi connectivity index (χ0v) is 14.7. The molecule has 0 radical (unpaired) electrons. The van der Waals surface area contributed by atoms with Gasteiger partial charge in [0.2, 0.25) is 0 Å². The molecule has 1 amide bonds. The largest absolute Gasteiger partial charge is 0.417 e. The molecule has 9 heteroatoms. The van der Waals surface area contributed by atoms with E-state index in [9.17, 15) is 18.0 Å². The fraction of sp³-hybridized carbons (Fsp3) is 0.500. The van der Waals surface area contributed by atoms with Crippen molar-refractivity contribution < 1.29 is 22.7 Å². The summed E-state index contributed by atoms with van der Waals surface area (Å²) in [6.45, 7) is 5.06. The number of imidazole rings is 1. The van der Waals surface area contributed by atoms with Gasteiger partial charge in [0, 0.05) is 26.0 Å². The second kappa shape index (κ2) is 8.05. The summed E-state index contributed by atoms with van der Waals surface area (Å²) in [4.78, 5) is 16.7. The fourth-order valence-electron chi connectivity index (χ4n) is 2.40. The predicted octanol–water partition coefficient (Wildman–Crippen LogP) is 3.73. The van der Waals surface area contributed by atoms with Gasteiger partial charge in [-0.3, -0.25) is 9.20 Å². The number of alkyl halides is 3. The Morgan fingerprint density at radius 1 is 1.40 bits per heavy atom. The highest BCUT2D eigenvalue weighted by atomic mass is 35.5. The molecule has 0 aliphatic heterocycles. The monoisotopic (exact) mass is 377 g/mol. The molecule has 2 heterocycles. The molecule has 0 fully saturated rings. The zero-order valence-electron chi connectivity index (χ0n) is 13.9. The molecule has 2 aromatic rings. The fourth-order valence-corrected chi connectivity index (χ4v) is 2.65. The maximum absolute atomic E-state index is 13.0. The van der Waals surface area contributed by atoms with Crippen LogP contribution >= 0.6 is 11.6 Å². The molecule has 2 rings (SSSR count). The van der Waals surface area contributed by atoms with Crippen molar-refractivity contribution in [3.63, 3.8) is 0 Å². The number of pyridine rings is 1. The van der Waals surface area contributed by atoms with Crippen molar-refractivity contribution in [2.45, 2.75) is 32.9 Å². The van der Waals surface area contributed by atoms with Crippen LogP contribution < -0.4 is 5.32 Å². The molecule has 0 unspecified atom stereocenters. The smallest absolute Gasteiger partial charge is 0.382 e. The number of aryl methyl sites for hydroxylation is 1. The molecule has 138 valence electrons. The Morgan fingerprint density at radius 2 is 2.12 bits per heavy atom. The van der Waals surface area contributed by atoms with Crippen molar-refractivity contribution in [3.8, 4) is 0 Å². The van der Waals surface area contributed by atoms with Crippen molar-refractivity contribution in [2.24, 2.45) is 0 Å². The van der Waals surface area contributed by atoms with Gasteiger partial charge < -0.3 is 10.1 Å². The number of fused-ring (bicyclic) bond motifs is 1. The lowest BCUT2D eigenvalue weighted by molar-refractivity contribution is -0.137. The van der Waals surface area contributed by atoms with Gasteiger partial charge in [0.1, 0.15) is 5.69 Å². The van der Waals surface area contributed by atoms with Gasteiger partial charge in [-0.05, 0) is 25.8 Å². The maximum Gasteiger partial charge on any atom is 0.417 e. The van der Waals surface area contributed by atoms with Gasteiger partial charge >= 0.3 is 6.18 Å². The minimum Gasteiger partial charge on any atom is -0.382 e. The van der Waals surface area contributed by atoms with Gasteiger partial charge in [-0.15, -0.1) is 0 Å². The lowest BCUT2D eigenvalue weighted by Gasteiger charge is -2.10. The molecule has 0 aliphatic carbocycles. The minimum atomic E-state index is -4.57. The lowest BCUT2D eigenvalue weighted by Crippen LogP contribution is -2.27. The molecule has 0 spiro atoms. The maximum atomic E-state index is 13.0. The normalized spacial score (nSPS) is 11.9. The summed E-state index contributed by atoms with van der Waals surface area (Å²) < 4.78 is 45.4. The summed E-state index contributed by atoms with van der Waals surface area (Å²) in [5.74, 6) is -0.490. The van der Waals surface area contributed by atoms with E-state index in [0.29, 0.717) is 38.3 Å². The summed E-state index contributed by atoms with van der Waals surface area (Å²) in [5, 5.41) is 2.53. The van der Waals surface area contributed by atoms with Crippen LogP contribution in [0.4, 0.5) is 13.2 Å². The van der Waals surface area contributed by atoms with Gasteiger partial charge in [-0.1, -0.05) is 18.5 Å². The molecule has 0 saturated carbocycles. The number of carbonyl (C=O) groups is 1. The average molecular weight is 378 g/mol. The van der Waals surface area contributed by atoms with Crippen LogP contribution in [0.2, 0.25) is 5.02 Å². The number of carbonyl (C=O) groups excluding carboxylic acids is 1. The van der Waals surface area contributed by atoms with Gasteiger partial charge in [0.25, 0.3) is 5.91 Å². The van der Waals surface area contributed by atoms with E-state index < -0.39 is 17.6 Å². The van der Waals surface area contributed by atoms with Crippen LogP contribution in [0.15, 0.2) is 12.3 Å². The van der Waals surface area contributed by atoms with E-state index in [1.807, 2.05) is 6.92 Å². The van der Waals surface area contributed by atoms with Crippen LogP contribution in [0.1, 0.15) is 42.0 Å². The Labute approximate surface area is 148 Å². The van der Waals surface area contributed by atoms with Crippen molar-refractivity contribution in [1.82, 2.24) is 14.7 Å². The number of halogens is 4. The number of nitrogens with zero attached hydrogens (tertiary/aromatic N) is 2. The predicted molar refractivity (Wildman–Crippen MR) is 88.0 cm³/mol. The number of aromatic nitrogens is 2. The second-order valence-electron chi connectivity index (χ2n) is 5.34. The topological polar surface area (TPSA) is 55.6 Å². The number of ether oxygens (including phenoxy) is 1. The molecule has 0 bridgehead atoms. The van der Waals surface area contributed by atoms with E-state index in [1.54, 1.807) is 6.92 Å². The van der Waals surface area contributed by atoms with E-state index >= 15 is 0 Å². The summed E-state index contributed by atoms with van der Waals surface area (Å²) >= 11 is 5.95. The van der Waals surface area contributed by atoms with Gasteiger partial charge in [-0.2, -0.15) is 13.2 Å². The van der Waals surface area contributed by atoms with Crippen molar-refractivity contribution in [3.05, 3.63) is 34.2 Å². The molecular formula is C16H19ClF3N3O2. The standard InChI is InChI=1S/C16H19ClF3N3O2/c1-3-12-13(15(24)21-6-5-7-25-4-2)23-9-10(16(18,19)20)8-11(17)14(23)22-12/h8-9H,3-7H2,1-2H3,(H,21,24). The quantitative estimate of drug-likeness (QED) is 0.748. The van der Waals surface area contributed by atoms with Crippen LogP contribution in [-0.2, 0) is 17.3 Å². The Balaban J connectivity index is 2.36. The molecule has 25 heavy (non-hydrogen) atoms. The Bertz CT molecular complexity index is 759. The number of amides is 1. The Hall–Kier alpha value is -1.80. The molecule has 2 aromatic heterocycles. The van der Waals surface area contributed by atoms with Crippen molar-refractivity contribution in [1.29, 1.82) is 0 Å². The van der Waals surface area contributed by atoms with E-state index in [2.05, 4.69) is 10.3 Å². The van der Waals surface area contributed by atoms with E-state index in [1.165, 1.54) is 0 Å². The molecule has 5 nitrogen and oxygen atoms in total. The van der Waals surface area contributed by atoms with Crippen LogP contribution in [0.25, 0.3) is 5.65 Å². The first-order valence-electron chi connectivity index (χ1n) is 7.93.